The SMILES string of the molecule is CNc1ccc(C(=O)OCOC)cc1C(=O)Cc1ccc(Cl)cc1. The summed E-state index contributed by atoms with van der Waals surface area (Å²) in [7, 11) is 3.15. The fourth-order valence-electron chi connectivity index (χ4n) is 2.20. The quantitative estimate of drug-likeness (QED) is 0.471. The molecular formula is C18H18ClNO4. The van der Waals surface area contributed by atoms with Gasteiger partial charge >= 0.3 is 5.97 Å². The predicted molar refractivity (Wildman–Crippen MR) is 92.8 cm³/mol. The van der Waals surface area contributed by atoms with E-state index in [0.717, 1.165) is 5.56 Å². The minimum absolute atomic E-state index is 0.108. The highest BCUT2D eigenvalue weighted by Gasteiger charge is 2.16. The second-order valence-electron chi connectivity index (χ2n) is 5.08. The Kier molecular flexibility index (Phi) is 6.35. The van der Waals surface area contributed by atoms with Crippen molar-refractivity contribution in [1.29, 1.82) is 0 Å². The van der Waals surface area contributed by atoms with Crippen LogP contribution in [-0.4, -0.2) is 32.7 Å². The van der Waals surface area contributed by atoms with E-state index in [1.54, 1.807) is 43.4 Å². The highest BCUT2D eigenvalue weighted by atomic mass is 35.5. The molecule has 24 heavy (non-hydrogen) atoms. The monoisotopic (exact) mass is 347 g/mol. The zero-order chi connectivity index (χ0) is 17.5. The summed E-state index contributed by atoms with van der Waals surface area (Å²) in [5.41, 5.74) is 2.22. The fourth-order valence-corrected chi connectivity index (χ4v) is 2.32. The lowest BCUT2D eigenvalue weighted by atomic mass is 9.99. The van der Waals surface area contributed by atoms with E-state index in [4.69, 9.17) is 21.1 Å². The molecule has 0 unspecified atom stereocenters. The number of hydrogen-bond donors (Lipinski definition) is 1. The van der Waals surface area contributed by atoms with Crippen molar-refractivity contribution in [2.24, 2.45) is 0 Å². The maximum atomic E-state index is 12.6. The van der Waals surface area contributed by atoms with Crippen LogP contribution in [-0.2, 0) is 15.9 Å². The molecule has 0 spiro atoms. The third-order valence-corrected chi connectivity index (χ3v) is 3.66. The smallest absolute Gasteiger partial charge is 0.340 e. The van der Waals surface area contributed by atoms with Gasteiger partial charge in [0.25, 0.3) is 0 Å². The minimum Gasteiger partial charge on any atom is -0.435 e. The highest BCUT2D eigenvalue weighted by Crippen LogP contribution is 2.21. The Morgan fingerprint density at radius 1 is 1.12 bits per heavy atom. The molecule has 0 saturated heterocycles. The van der Waals surface area contributed by atoms with Crippen molar-refractivity contribution in [2.75, 3.05) is 26.3 Å². The van der Waals surface area contributed by atoms with Crippen LogP contribution >= 0.6 is 11.6 Å². The normalized spacial score (nSPS) is 10.3. The van der Waals surface area contributed by atoms with Gasteiger partial charge < -0.3 is 14.8 Å². The van der Waals surface area contributed by atoms with Crippen molar-refractivity contribution in [3.63, 3.8) is 0 Å². The highest BCUT2D eigenvalue weighted by molar-refractivity contribution is 6.30. The second-order valence-corrected chi connectivity index (χ2v) is 5.51. The van der Waals surface area contributed by atoms with Crippen LogP contribution in [0.25, 0.3) is 0 Å². The van der Waals surface area contributed by atoms with Gasteiger partial charge in [0.05, 0.1) is 5.56 Å². The Hall–Kier alpha value is -2.37. The third kappa shape index (κ3) is 4.57. The van der Waals surface area contributed by atoms with Crippen LogP contribution in [0.4, 0.5) is 5.69 Å². The summed E-state index contributed by atoms with van der Waals surface area (Å²) >= 11 is 5.85. The number of halogens is 1. The first-order chi connectivity index (χ1) is 11.5. The van der Waals surface area contributed by atoms with Gasteiger partial charge in [-0.15, -0.1) is 0 Å². The van der Waals surface area contributed by atoms with Crippen LogP contribution in [0.2, 0.25) is 5.02 Å². The summed E-state index contributed by atoms with van der Waals surface area (Å²) in [4.78, 5) is 24.5. The number of nitrogens with one attached hydrogen (secondary N) is 1. The van der Waals surface area contributed by atoms with Crippen molar-refractivity contribution in [1.82, 2.24) is 0 Å². The van der Waals surface area contributed by atoms with Crippen molar-refractivity contribution < 1.29 is 19.1 Å². The molecule has 5 nitrogen and oxygen atoms in total. The van der Waals surface area contributed by atoms with Gasteiger partial charge in [-0.3, -0.25) is 4.79 Å². The third-order valence-electron chi connectivity index (χ3n) is 3.41. The standard InChI is InChI=1S/C18H18ClNO4/c1-20-16-8-5-13(18(22)24-11-23-2)10-15(16)17(21)9-12-3-6-14(19)7-4-12/h3-8,10,20H,9,11H2,1-2H3. The van der Waals surface area contributed by atoms with E-state index in [2.05, 4.69) is 5.32 Å². The lowest BCUT2D eigenvalue weighted by molar-refractivity contribution is -0.0125. The molecule has 0 amide bonds. The number of benzene rings is 2. The Bertz CT molecular complexity index is 728. The molecule has 1 N–H and O–H groups in total. The first kappa shape index (κ1) is 18.0. The van der Waals surface area contributed by atoms with Crippen LogP contribution < -0.4 is 5.32 Å². The fraction of sp³-hybridized carbons (Fsp3) is 0.222. The molecule has 126 valence electrons. The number of hydrogen-bond acceptors (Lipinski definition) is 5. The Labute approximate surface area is 145 Å². The van der Waals surface area contributed by atoms with Crippen molar-refractivity contribution in [3.05, 3.63) is 64.2 Å². The van der Waals surface area contributed by atoms with Crippen LogP contribution in [0.3, 0.4) is 0 Å². The van der Waals surface area contributed by atoms with Crippen LogP contribution in [0.5, 0.6) is 0 Å². The average molecular weight is 348 g/mol. The van der Waals surface area contributed by atoms with Gasteiger partial charge in [0.1, 0.15) is 0 Å². The topological polar surface area (TPSA) is 64.6 Å². The van der Waals surface area contributed by atoms with Gasteiger partial charge in [0.2, 0.25) is 0 Å². The van der Waals surface area contributed by atoms with E-state index in [0.29, 0.717) is 21.8 Å². The lowest BCUT2D eigenvalue weighted by Crippen LogP contribution is -2.12. The van der Waals surface area contributed by atoms with Gasteiger partial charge in [-0.1, -0.05) is 23.7 Å². The Morgan fingerprint density at radius 2 is 1.83 bits per heavy atom. The molecule has 0 fully saturated rings. The number of ketones is 1. The van der Waals surface area contributed by atoms with Gasteiger partial charge in [-0.25, -0.2) is 4.79 Å². The number of Topliss-reactive ketones (excluding diaryl/α,β-unsaturated/α-hetero) is 1. The number of carbonyl (C=O) groups is 2. The van der Waals surface area contributed by atoms with E-state index in [9.17, 15) is 9.59 Å². The summed E-state index contributed by atoms with van der Waals surface area (Å²) in [5, 5.41) is 3.58. The zero-order valence-corrected chi connectivity index (χ0v) is 14.2. The lowest BCUT2D eigenvalue weighted by Gasteiger charge is -2.11. The molecule has 0 aliphatic rings. The minimum atomic E-state index is -0.542. The maximum Gasteiger partial charge on any atom is 0.340 e. The van der Waals surface area contributed by atoms with Gasteiger partial charge in [0.15, 0.2) is 12.6 Å². The summed E-state index contributed by atoms with van der Waals surface area (Å²) < 4.78 is 9.62. The second kappa shape index (κ2) is 8.47. The molecule has 0 aliphatic carbocycles. The van der Waals surface area contributed by atoms with E-state index in [1.165, 1.54) is 13.2 Å². The Balaban J connectivity index is 2.24. The first-order valence-corrected chi connectivity index (χ1v) is 7.68. The molecule has 2 aromatic carbocycles. The van der Waals surface area contributed by atoms with Gasteiger partial charge in [-0.2, -0.15) is 0 Å². The number of esters is 1. The first-order valence-electron chi connectivity index (χ1n) is 7.30. The van der Waals surface area contributed by atoms with E-state index >= 15 is 0 Å². The molecule has 0 saturated carbocycles. The number of rotatable bonds is 7. The number of methoxy groups -OCH3 is 1. The zero-order valence-electron chi connectivity index (χ0n) is 13.5. The van der Waals surface area contributed by atoms with Crippen molar-refractivity contribution >= 4 is 29.0 Å². The van der Waals surface area contributed by atoms with Crippen LogP contribution in [0, 0.1) is 0 Å². The Morgan fingerprint density at radius 3 is 2.46 bits per heavy atom. The average Bonchev–Trinajstić information content (AvgIpc) is 2.61. The van der Waals surface area contributed by atoms with E-state index < -0.39 is 5.97 Å². The molecule has 0 aromatic heterocycles. The van der Waals surface area contributed by atoms with E-state index in [-0.39, 0.29) is 19.0 Å². The molecule has 0 atom stereocenters. The number of ether oxygens (including phenoxy) is 2. The van der Waals surface area contributed by atoms with Crippen molar-refractivity contribution in [2.45, 2.75) is 6.42 Å². The van der Waals surface area contributed by atoms with E-state index in [1.807, 2.05) is 0 Å². The number of anilines is 1. The molecule has 0 aliphatic heterocycles. The molecule has 0 heterocycles. The molecule has 2 aromatic rings. The summed E-state index contributed by atoms with van der Waals surface area (Å²) in [6.45, 7) is -0.138. The summed E-state index contributed by atoms with van der Waals surface area (Å²) in [5.74, 6) is -0.650. The maximum absolute atomic E-state index is 12.6. The van der Waals surface area contributed by atoms with Crippen LogP contribution in [0.1, 0.15) is 26.3 Å². The van der Waals surface area contributed by atoms with Gasteiger partial charge in [-0.05, 0) is 35.9 Å². The summed E-state index contributed by atoms with van der Waals surface area (Å²) in [6, 6.07) is 11.9. The molecular weight excluding hydrogens is 330 g/mol. The molecule has 6 heteroatoms. The molecule has 0 radical (unpaired) electrons. The number of carbonyl (C=O) groups excluding carboxylic acids is 2. The van der Waals surface area contributed by atoms with Gasteiger partial charge in [0, 0.05) is 36.9 Å². The van der Waals surface area contributed by atoms with Crippen LogP contribution in [0.15, 0.2) is 42.5 Å². The largest absolute Gasteiger partial charge is 0.435 e. The summed E-state index contributed by atoms with van der Waals surface area (Å²) in [6.07, 6.45) is 0.211. The molecule has 0 bridgehead atoms. The predicted octanol–water partition coefficient (Wildman–Crippen LogP) is 3.57. The molecule has 2 rings (SSSR count). The van der Waals surface area contributed by atoms with Crippen molar-refractivity contribution in [3.8, 4) is 0 Å².